The van der Waals surface area contributed by atoms with Crippen LogP contribution in [-0.4, -0.2) is 14.7 Å². The molecule has 20 heavy (non-hydrogen) atoms. The highest BCUT2D eigenvalue weighted by Gasteiger charge is 2.11. The van der Waals surface area contributed by atoms with Crippen LogP contribution < -0.4 is 4.72 Å². The van der Waals surface area contributed by atoms with Gasteiger partial charge in [-0.2, -0.15) is 0 Å². The average molecular weight is 311 g/mol. The van der Waals surface area contributed by atoms with Crippen molar-refractivity contribution in [3.8, 4) is 0 Å². The van der Waals surface area contributed by atoms with Crippen LogP contribution in [-0.2, 0) is 15.8 Å². The minimum Gasteiger partial charge on any atom is -0.283 e. The molecule has 3 nitrogen and oxygen atoms in total. The molecule has 0 bridgehead atoms. The summed E-state index contributed by atoms with van der Waals surface area (Å²) >= 11 is 1.59. The molecule has 0 aliphatic carbocycles. The zero-order valence-corrected chi connectivity index (χ0v) is 12.5. The smallest absolute Gasteiger partial charge is 0.236 e. The minimum absolute atomic E-state index is 0.183. The number of benzene rings is 2. The summed E-state index contributed by atoms with van der Waals surface area (Å²) in [5.74, 6) is -0.566. The lowest BCUT2D eigenvalue weighted by Crippen LogP contribution is -2.15. The molecule has 0 heterocycles. The third kappa shape index (κ3) is 4.25. The maximum atomic E-state index is 12.8. The molecule has 0 fully saturated rings. The van der Waals surface area contributed by atoms with Gasteiger partial charge in [-0.1, -0.05) is 12.1 Å². The summed E-state index contributed by atoms with van der Waals surface area (Å²) < 4.78 is 39.3. The van der Waals surface area contributed by atoms with E-state index in [1.54, 1.807) is 23.9 Å². The van der Waals surface area contributed by atoms with Gasteiger partial charge in [0, 0.05) is 10.6 Å². The standard InChI is InChI=1S/C14H14FNO2S2/c1-19-14-8-6-13(7-9-14)16-20(17,18)10-11-2-4-12(15)5-3-11/h2-9,16H,10H2,1H3. The largest absolute Gasteiger partial charge is 0.283 e. The minimum atomic E-state index is -3.50. The first kappa shape index (κ1) is 14.9. The Morgan fingerprint density at radius 2 is 1.65 bits per heavy atom. The highest BCUT2D eigenvalue weighted by Crippen LogP contribution is 2.19. The maximum absolute atomic E-state index is 12.8. The highest BCUT2D eigenvalue weighted by atomic mass is 32.2. The van der Waals surface area contributed by atoms with Gasteiger partial charge in [0.15, 0.2) is 0 Å². The van der Waals surface area contributed by atoms with E-state index in [-0.39, 0.29) is 11.6 Å². The van der Waals surface area contributed by atoms with Gasteiger partial charge in [-0.15, -0.1) is 11.8 Å². The molecule has 0 saturated heterocycles. The first-order chi connectivity index (χ1) is 9.48. The van der Waals surface area contributed by atoms with E-state index in [4.69, 9.17) is 0 Å². The molecule has 0 amide bonds. The fraction of sp³-hybridized carbons (Fsp3) is 0.143. The Balaban J connectivity index is 2.08. The van der Waals surface area contributed by atoms with Crippen molar-refractivity contribution in [2.45, 2.75) is 10.6 Å². The number of hydrogen-bond acceptors (Lipinski definition) is 3. The van der Waals surface area contributed by atoms with Gasteiger partial charge in [0.2, 0.25) is 10.0 Å². The zero-order chi connectivity index (χ0) is 14.6. The topological polar surface area (TPSA) is 46.2 Å². The Labute approximate surface area is 122 Å². The number of thioether (sulfide) groups is 1. The first-order valence-corrected chi connectivity index (χ1v) is 8.75. The maximum Gasteiger partial charge on any atom is 0.236 e. The highest BCUT2D eigenvalue weighted by molar-refractivity contribution is 7.98. The Hall–Kier alpha value is -1.53. The van der Waals surface area contributed by atoms with Crippen molar-refractivity contribution >= 4 is 27.5 Å². The van der Waals surface area contributed by atoms with E-state index in [9.17, 15) is 12.8 Å². The molecule has 0 atom stereocenters. The lowest BCUT2D eigenvalue weighted by molar-refractivity contribution is 0.600. The fourth-order valence-electron chi connectivity index (χ4n) is 1.67. The molecule has 0 aliphatic heterocycles. The number of anilines is 1. The summed E-state index contributed by atoms with van der Waals surface area (Å²) in [7, 11) is -3.50. The lowest BCUT2D eigenvalue weighted by Gasteiger charge is -2.08. The molecule has 0 aromatic heterocycles. The second kappa shape index (κ2) is 6.28. The molecular weight excluding hydrogens is 297 g/mol. The average Bonchev–Trinajstić information content (AvgIpc) is 2.41. The van der Waals surface area contributed by atoms with Crippen LogP contribution in [0.4, 0.5) is 10.1 Å². The molecule has 2 aromatic rings. The van der Waals surface area contributed by atoms with Crippen molar-refractivity contribution in [2.24, 2.45) is 0 Å². The summed E-state index contributed by atoms with van der Waals surface area (Å²) in [5.41, 5.74) is 1.06. The molecular formula is C14H14FNO2S2. The molecule has 2 aromatic carbocycles. The van der Waals surface area contributed by atoms with Crippen LogP contribution in [0.1, 0.15) is 5.56 Å². The molecule has 2 rings (SSSR count). The zero-order valence-electron chi connectivity index (χ0n) is 10.8. The number of rotatable bonds is 5. The Kier molecular flexibility index (Phi) is 4.67. The monoisotopic (exact) mass is 311 g/mol. The van der Waals surface area contributed by atoms with E-state index in [0.29, 0.717) is 11.3 Å². The second-order valence-electron chi connectivity index (χ2n) is 4.22. The normalized spacial score (nSPS) is 11.3. The third-order valence-electron chi connectivity index (χ3n) is 2.63. The Morgan fingerprint density at radius 3 is 2.20 bits per heavy atom. The number of sulfonamides is 1. The van der Waals surface area contributed by atoms with Crippen LogP contribution in [0.25, 0.3) is 0 Å². The molecule has 0 unspecified atom stereocenters. The van der Waals surface area contributed by atoms with Crippen LogP contribution in [0.15, 0.2) is 53.4 Å². The summed E-state index contributed by atoms with van der Waals surface area (Å²) in [6.45, 7) is 0. The van der Waals surface area contributed by atoms with Crippen LogP contribution >= 0.6 is 11.8 Å². The van der Waals surface area contributed by atoms with E-state index in [1.807, 2.05) is 18.4 Å². The number of hydrogen-bond donors (Lipinski definition) is 1. The van der Waals surface area contributed by atoms with Gasteiger partial charge in [-0.3, -0.25) is 4.72 Å². The lowest BCUT2D eigenvalue weighted by atomic mass is 10.2. The van der Waals surface area contributed by atoms with E-state index in [2.05, 4.69) is 4.72 Å². The molecule has 0 saturated carbocycles. The van der Waals surface area contributed by atoms with Crippen molar-refractivity contribution in [3.63, 3.8) is 0 Å². The van der Waals surface area contributed by atoms with Gasteiger partial charge >= 0.3 is 0 Å². The van der Waals surface area contributed by atoms with Crippen LogP contribution in [0, 0.1) is 5.82 Å². The van der Waals surface area contributed by atoms with Gasteiger partial charge in [0.1, 0.15) is 5.82 Å². The van der Waals surface area contributed by atoms with Crippen LogP contribution in [0.2, 0.25) is 0 Å². The van der Waals surface area contributed by atoms with Gasteiger partial charge in [-0.05, 0) is 48.2 Å². The summed E-state index contributed by atoms with van der Waals surface area (Å²) in [6.07, 6.45) is 1.95. The molecule has 106 valence electrons. The van der Waals surface area contributed by atoms with E-state index in [0.717, 1.165) is 4.90 Å². The van der Waals surface area contributed by atoms with Crippen molar-refractivity contribution < 1.29 is 12.8 Å². The van der Waals surface area contributed by atoms with Crippen LogP contribution in [0.5, 0.6) is 0 Å². The Morgan fingerprint density at radius 1 is 1.05 bits per heavy atom. The van der Waals surface area contributed by atoms with Crippen molar-refractivity contribution in [1.82, 2.24) is 0 Å². The molecule has 0 aliphatic rings. The Bertz CT molecular complexity index is 667. The van der Waals surface area contributed by atoms with E-state index >= 15 is 0 Å². The number of nitrogens with one attached hydrogen (secondary N) is 1. The van der Waals surface area contributed by atoms with Gasteiger partial charge < -0.3 is 0 Å². The predicted octanol–water partition coefficient (Wildman–Crippen LogP) is 3.49. The predicted molar refractivity (Wildman–Crippen MR) is 80.9 cm³/mol. The first-order valence-electron chi connectivity index (χ1n) is 5.87. The van der Waals surface area contributed by atoms with Gasteiger partial charge in [0.25, 0.3) is 0 Å². The molecule has 0 spiro atoms. The summed E-state index contributed by atoms with van der Waals surface area (Å²) in [6, 6.07) is 12.6. The van der Waals surface area contributed by atoms with E-state index in [1.165, 1.54) is 24.3 Å². The fourth-order valence-corrected chi connectivity index (χ4v) is 3.28. The second-order valence-corrected chi connectivity index (χ2v) is 6.82. The molecule has 0 radical (unpaired) electrons. The van der Waals surface area contributed by atoms with Crippen molar-refractivity contribution in [3.05, 3.63) is 59.9 Å². The number of halogens is 1. The van der Waals surface area contributed by atoms with Gasteiger partial charge in [0.05, 0.1) is 5.75 Å². The summed E-state index contributed by atoms with van der Waals surface area (Å²) in [5, 5.41) is 0. The molecule has 6 heteroatoms. The van der Waals surface area contributed by atoms with E-state index < -0.39 is 10.0 Å². The quantitative estimate of drug-likeness (QED) is 0.860. The van der Waals surface area contributed by atoms with Crippen LogP contribution in [0.3, 0.4) is 0 Å². The SMILES string of the molecule is CSc1ccc(NS(=O)(=O)Cc2ccc(F)cc2)cc1. The summed E-state index contributed by atoms with van der Waals surface area (Å²) in [4.78, 5) is 1.06. The van der Waals surface area contributed by atoms with Gasteiger partial charge in [-0.25, -0.2) is 12.8 Å². The van der Waals surface area contributed by atoms with Crippen molar-refractivity contribution in [1.29, 1.82) is 0 Å². The molecule has 1 N–H and O–H groups in total. The van der Waals surface area contributed by atoms with Crippen molar-refractivity contribution in [2.75, 3.05) is 11.0 Å². The third-order valence-corrected chi connectivity index (χ3v) is 4.64.